The Kier molecular flexibility index (Phi) is 6.21. The molecule has 96 valence electrons. The van der Waals surface area contributed by atoms with Crippen LogP contribution in [0.2, 0.25) is 0 Å². The number of carbonyl (C=O) groups is 2. The summed E-state index contributed by atoms with van der Waals surface area (Å²) >= 11 is 0. The Bertz CT molecular complexity index is 285. The number of rotatable bonds is 3. The summed E-state index contributed by atoms with van der Waals surface area (Å²) in [7, 11) is 0. The van der Waals surface area contributed by atoms with Gasteiger partial charge in [-0.05, 0) is 32.1 Å². The van der Waals surface area contributed by atoms with Crippen molar-refractivity contribution < 1.29 is 19.1 Å². The third-order valence-corrected chi connectivity index (χ3v) is 2.46. The van der Waals surface area contributed by atoms with Crippen LogP contribution in [-0.2, 0) is 9.47 Å². The molecule has 0 aromatic heterocycles. The van der Waals surface area contributed by atoms with Gasteiger partial charge in [-0.3, -0.25) is 0 Å². The molecule has 6 nitrogen and oxygen atoms in total. The first-order valence-corrected chi connectivity index (χ1v) is 6.01. The normalized spacial score (nSPS) is 17.0. The first-order chi connectivity index (χ1) is 8.22. The fourth-order valence-electron chi connectivity index (χ4n) is 1.65. The minimum atomic E-state index is -0.854. The zero-order valence-corrected chi connectivity index (χ0v) is 10.1. The van der Waals surface area contributed by atoms with E-state index in [1.807, 2.05) is 6.92 Å². The molecule has 0 unspecified atom stereocenters. The first-order valence-electron chi connectivity index (χ1n) is 6.01. The van der Waals surface area contributed by atoms with Gasteiger partial charge in [0.15, 0.2) is 0 Å². The summed E-state index contributed by atoms with van der Waals surface area (Å²) < 4.78 is 9.66. The summed E-state index contributed by atoms with van der Waals surface area (Å²) in [5.41, 5.74) is 0. The van der Waals surface area contributed by atoms with E-state index in [0.29, 0.717) is 6.42 Å². The predicted molar refractivity (Wildman–Crippen MR) is 59.8 cm³/mol. The third-order valence-electron chi connectivity index (χ3n) is 2.46. The maximum absolute atomic E-state index is 11.2. The molecule has 17 heavy (non-hydrogen) atoms. The van der Waals surface area contributed by atoms with Gasteiger partial charge in [0.05, 0.1) is 6.61 Å². The lowest BCUT2D eigenvalue weighted by Gasteiger charge is -2.20. The lowest BCUT2D eigenvalue weighted by molar-refractivity contribution is 0.0813. The number of nitrogens with zero attached hydrogens (tertiary/aromatic N) is 2. The van der Waals surface area contributed by atoms with Gasteiger partial charge in [-0.2, -0.15) is 0 Å². The number of carbonyl (C=O) groups excluding carboxylic acids is 2. The zero-order valence-electron chi connectivity index (χ0n) is 10.1. The quantitative estimate of drug-likeness (QED) is 0.710. The van der Waals surface area contributed by atoms with Crippen LogP contribution in [-0.4, -0.2) is 24.9 Å². The molecule has 1 fully saturated rings. The van der Waals surface area contributed by atoms with Crippen molar-refractivity contribution in [2.75, 3.05) is 6.61 Å². The molecule has 2 amide bonds. The summed E-state index contributed by atoms with van der Waals surface area (Å²) in [4.78, 5) is 22.1. The van der Waals surface area contributed by atoms with Gasteiger partial charge in [0.25, 0.3) is 0 Å². The maximum Gasteiger partial charge on any atom is 0.452 e. The molecular weight excluding hydrogens is 224 g/mol. The molecule has 1 rings (SSSR count). The van der Waals surface area contributed by atoms with E-state index in [9.17, 15) is 9.59 Å². The summed E-state index contributed by atoms with van der Waals surface area (Å²) in [6, 6.07) is 0. The Morgan fingerprint density at radius 2 is 1.76 bits per heavy atom. The van der Waals surface area contributed by atoms with Crippen molar-refractivity contribution in [3.8, 4) is 0 Å². The van der Waals surface area contributed by atoms with Crippen LogP contribution in [0.25, 0.3) is 0 Å². The number of hydrogen-bond acceptors (Lipinski definition) is 4. The van der Waals surface area contributed by atoms with E-state index in [4.69, 9.17) is 4.74 Å². The van der Waals surface area contributed by atoms with Crippen LogP contribution in [0, 0.1) is 0 Å². The Morgan fingerprint density at radius 3 is 2.41 bits per heavy atom. The van der Waals surface area contributed by atoms with E-state index in [1.54, 1.807) is 0 Å². The van der Waals surface area contributed by atoms with E-state index in [1.165, 1.54) is 6.42 Å². The summed E-state index contributed by atoms with van der Waals surface area (Å²) in [6.07, 6.45) is 3.98. The molecule has 0 aromatic carbocycles. The highest BCUT2D eigenvalue weighted by molar-refractivity contribution is 5.73. The second kappa shape index (κ2) is 7.76. The molecular formula is C11H18N2O4. The molecule has 0 bridgehead atoms. The smallest absolute Gasteiger partial charge is 0.447 e. The highest BCUT2D eigenvalue weighted by Crippen LogP contribution is 2.20. The van der Waals surface area contributed by atoms with Gasteiger partial charge >= 0.3 is 12.2 Å². The van der Waals surface area contributed by atoms with Gasteiger partial charge in [-0.1, -0.05) is 23.6 Å². The third kappa shape index (κ3) is 5.99. The van der Waals surface area contributed by atoms with Crippen molar-refractivity contribution in [2.45, 2.75) is 51.6 Å². The Labute approximate surface area is 100 Å². The van der Waals surface area contributed by atoms with Gasteiger partial charge in [0, 0.05) is 0 Å². The van der Waals surface area contributed by atoms with E-state index >= 15 is 0 Å². The first kappa shape index (κ1) is 13.6. The fourth-order valence-corrected chi connectivity index (χ4v) is 1.65. The molecule has 0 saturated heterocycles. The van der Waals surface area contributed by atoms with Crippen molar-refractivity contribution in [2.24, 2.45) is 10.2 Å². The number of azo groups is 1. The minimum absolute atomic E-state index is 0.0816. The molecule has 1 aliphatic rings. The van der Waals surface area contributed by atoms with E-state index in [2.05, 4.69) is 15.0 Å². The molecule has 0 radical (unpaired) electrons. The molecule has 0 aromatic rings. The monoisotopic (exact) mass is 242 g/mol. The molecule has 0 heterocycles. The standard InChI is InChI=1S/C11H18N2O4/c1-2-8-16-10(14)12-13-11(15)17-9-6-4-3-5-7-9/h9H,2-8H2,1H3. The zero-order chi connectivity index (χ0) is 12.5. The Hall–Kier alpha value is -1.46. The summed E-state index contributed by atoms with van der Waals surface area (Å²) in [5, 5.41) is 6.28. The maximum atomic E-state index is 11.2. The average molecular weight is 242 g/mol. The fraction of sp³-hybridized carbons (Fsp3) is 0.818. The second-order valence-corrected chi connectivity index (χ2v) is 3.96. The van der Waals surface area contributed by atoms with Gasteiger partial charge in [-0.15, -0.1) is 0 Å². The number of amides is 2. The van der Waals surface area contributed by atoms with E-state index in [-0.39, 0.29) is 12.7 Å². The SMILES string of the molecule is CCCOC(=O)N=NC(=O)OC1CCCCC1. The average Bonchev–Trinajstić information content (AvgIpc) is 2.35. The highest BCUT2D eigenvalue weighted by Gasteiger charge is 2.17. The Balaban J connectivity index is 2.23. The molecule has 0 N–H and O–H groups in total. The molecule has 6 heteroatoms. The van der Waals surface area contributed by atoms with Crippen molar-refractivity contribution in [1.82, 2.24) is 0 Å². The molecule has 1 saturated carbocycles. The van der Waals surface area contributed by atoms with E-state index in [0.717, 1.165) is 25.7 Å². The molecule has 0 aliphatic heterocycles. The van der Waals surface area contributed by atoms with Crippen LogP contribution in [0.4, 0.5) is 9.59 Å². The van der Waals surface area contributed by atoms with Crippen molar-refractivity contribution in [1.29, 1.82) is 0 Å². The van der Waals surface area contributed by atoms with Crippen LogP contribution < -0.4 is 0 Å². The largest absolute Gasteiger partial charge is 0.452 e. The minimum Gasteiger partial charge on any atom is -0.447 e. The topological polar surface area (TPSA) is 77.3 Å². The van der Waals surface area contributed by atoms with Crippen LogP contribution in [0.3, 0.4) is 0 Å². The summed E-state index contributed by atoms with van der Waals surface area (Å²) in [6.45, 7) is 2.14. The molecule has 1 aliphatic carbocycles. The van der Waals surface area contributed by atoms with Crippen LogP contribution >= 0.6 is 0 Å². The lowest BCUT2D eigenvalue weighted by Crippen LogP contribution is -2.18. The van der Waals surface area contributed by atoms with Crippen LogP contribution in [0.5, 0.6) is 0 Å². The summed E-state index contributed by atoms with van der Waals surface area (Å²) in [5.74, 6) is 0. The van der Waals surface area contributed by atoms with Gasteiger partial charge in [0.2, 0.25) is 0 Å². The second-order valence-electron chi connectivity index (χ2n) is 3.96. The van der Waals surface area contributed by atoms with Crippen molar-refractivity contribution in [3.63, 3.8) is 0 Å². The predicted octanol–water partition coefficient (Wildman–Crippen LogP) is 3.45. The van der Waals surface area contributed by atoms with Gasteiger partial charge in [0.1, 0.15) is 6.10 Å². The van der Waals surface area contributed by atoms with E-state index < -0.39 is 12.2 Å². The number of ether oxygens (including phenoxy) is 2. The molecule has 0 spiro atoms. The van der Waals surface area contributed by atoms with Crippen LogP contribution in [0.1, 0.15) is 45.4 Å². The van der Waals surface area contributed by atoms with Crippen molar-refractivity contribution in [3.05, 3.63) is 0 Å². The van der Waals surface area contributed by atoms with Crippen molar-refractivity contribution >= 4 is 12.2 Å². The number of hydrogen-bond donors (Lipinski definition) is 0. The Morgan fingerprint density at radius 1 is 1.12 bits per heavy atom. The highest BCUT2D eigenvalue weighted by atomic mass is 16.6. The van der Waals surface area contributed by atoms with Gasteiger partial charge in [-0.25, -0.2) is 9.59 Å². The van der Waals surface area contributed by atoms with Gasteiger partial charge < -0.3 is 9.47 Å². The van der Waals surface area contributed by atoms with Crippen LogP contribution in [0.15, 0.2) is 10.2 Å². The lowest BCUT2D eigenvalue weighted by atomic mass is 9.98. The molecule has 0 atom stereocenters.